The molecule has 4 heterocycles. The van der Waals surface area contributed by atoms with Crippen molar-refractivity contribution in [3.63, 3.8) is 0 Å². The van der Waals surface area contributed by atoms with E-state index in [4.69, 9.17) is 11.6 Å². The minimum atomic E-state index is -0.130. The van der Waals surface area contributed by atoms with E-state index in [-0.39, 0.29) is 18.0 Å². The van der Waals surface area contributed by atoms with Crippen LogP contribution in [0.15, 0.2) is 37.1 Å². The van der Waals surface area contributed by atoms with Gasteiger partial charge in [-0.05, 0) is 31.5 Å². The molecule has 1 aromatic carbocycles. The molecule has 3 aromatic heterocycles. The first-order valence-electron chi connectivity index (χ1n) is 10.5. The van der Waals surface area contributed by atoms with Crippen molar-refractivity contribution < 1.29 is 4.79 Å². The van der Waals surface area contributed by atoms with E-state index in [1.165, 1.54) is 6.33 Å². The number of carbonyl (C=O) groups is 1. The Morgan fingerprint density at radius 2 is 2.19 bits per heavy atom. The SMILES string of the molecule is CC(=O)N[C@H]1CCN(c2c([C@H](C)Nc3ncnc4nc[nH]c34)cc(Cl)c3cccnc23)C1. The second-order valence-electron chi connectivity index (χ2n) is 8.02. The van der Waals surface area contributed by atoms with Gasteiger partial charge in [0.2, 0.25) is 5.91 Å². The first kappa shape index (κ1) is 20.4. The smallest absolute Gasteiger partial charge is 0.217 e. The molecule has 0 aliphatic carbocycles. The number of rotatable bonds is 5. The molecule has 1 fully saturated rings. The molecule has 3 N–H and O–H groups in total. The Morgan fingerprint density at radius 1 is 1.31 bits per heavy atom. The quantitative estimate of drug-likeness (QED) is 0.427. The zero-order valence-electron chi connectivity index (χ0n) is 17.8. The molecule has 1 aliphatic heterocycles. The van der Waals surface area contributed by atoms with Gasteiger partial charge in [-0.3, -0.25) is 9.78 Å². The summed E-state index contributed by atoms with van der Waals surface area (Å²) in [5, 5.41) is 8.07. The minimum absolute atomic E-state index is 0.0152. The largest absolute Gasteiger partial charge is 0.367 e. The Balaban J connectivity index is 1.57. The monoisotopic (exact) mass is 450 g/mol. The van der Waals surface area contributed by atoms with Gasteiger partial charge < -0.3 is 20.5 Å². The second kappa shape index (κ2) is 8.23. The predicted molar refractivity (Wildman–Crippen MR) is 125 cm³/mol. The number of nitrogens with one attached hydrogen (secondary N) is 3. The van der Waals surface area contributed by atoms with Crippen molar-refractivity contribution in [2.24, 2.45) is 0 Å². The summed E-state index contributed by atoms with van der Waals surface area (Å²) in [4.78, 5) is 34.4. The van der Waals surface area contributed by atoms with Crippen molar-refractivity contribution in [1.82, 2.24) is 30.2 Å². The van der Waals surface area contributed by atoms with Gasteiger partial charge in [-0.25, -0.2) is 15.0 Å². The van der Waals surface area contributed by atoms with Crippen molar-refractivity contribution in [1.29, 1.82) is 0 Å². The van der Waals surface area contributed by atoms with Crippen molar-refractivity contribution in [3.8, 4) is 0 Å². The summed E-state index contributed by atoms with van der Waals surface area (Å²) < 4.78 is 0. The second-order valence-corrected chi connectivity index (χ2v) is 8.42. The van der Waals surface area contributed by atoms with E-state index < -0.39 is 0 Å². The van der Waals surface area contributed by atoms with Gasteiger partial charge in [0.25, 0.3) is 0 Å². The molecule has 0 radical (unpaired) electrons. The summed E-state index contributed by atoms with van der Waals surface area (Å²) in [6.45, 7) is 5.15. The van der Waals surface area contributed by atoms with Gasteiger partial charge in [-0.15, -0.1) is 0 Å². The van der Waals surface area contributed by atoms with Crippen molar-refractivity contribution in [2.75, 3.05) is 23.3 Å². The molecule has 164 valence electrons. The third kappa shape index (κ3) is 3.69. The van der Waals surface area contributed by atoms with Crippen LogP contribution >= 0.6 is 11.6 Å². The van der Waals surface area contributed by atoms with Crippen molar-refractivity contribution in [3.05, 3.63) is 47.6 Å². The maximum absolute atomic E-state index is 11.6. The lowest BCUT2D eigenvalue weighted by Gasteiger charge is -2.27. The molecule has 1 amide bonds. The number of benzene rings is 1. The molecule has 32 heavy (non-hydrogen) atoms. The van der Waals surface area contributed by atoms with Crippen LogP contribution in [0, 0.1) is 0 Å². The standard InChI is InChI=1S/C22H23ClN8O/c1-12(29-22-19-21(26-10-25-19)27-11-28-22)16-8-17(23)15-4-3-6-24-18(15)20(16)31-7-5-14(9-31)30-13(2)32/h3-4,6,8,10-12,14H,5,7,9H2,1-2H3,(H,30,32)(H2,25,26,27,28,29)/t12-,14-/m0/s1. The van der Waals surface area contributed by atoms with Crippen LogP contribution in [0.3, 0.4) is 0 Å². The molecule has 0 unspecified atom stereocenters. The normalized spacial score (nSPS) is 17.1. The highest BCUT2D eigenvalue weighted by Gasteiger charge is 2.29. The number of aromatic nitrogens is 5. The number of carbonyl (C=O) groups excluding carboxylic acids is 1. The lowest BCUT2D eigenvalue weighted by molar-refractivity contribution is -0.119. The van der Waals surface area contributed by atoms with E-state index in [0.29, 0.717) is 23.0 Å². The third-order valence-corrected chi connectivity index (χ3v) is 6.11. The lowest BCUT2D eigenvalue weighted by atomic mass is 10.0. The van der Waals surface area contributed by atoms with Gasteiger partial charge in [0.15, 0.2) is 11.5 Å². The molecule has 10 heteroatoms. The van der Waals surface area contributed by atoms with Crippen LogP contribution in [0.4, 0.5) is 11.5 Å². The maximum atomic E-state index is 11.6. The topological polar surface area (TPSA) is 112 Å². The molecule has 1 aliphatic rings. The average molecular weight is 451 g/mol. The number of aromatic amines is 1. The number of hydrogen-bond acceptors (Lipinski definition) is 7. The number of imidazole rings is 1. The lowest BCUT2D eigenvalue weighted by Crippen LogP contribution is -2.35. The van der Waals surface area contributed by atoms with Crippen LogP contribution in [0.2, 0.25) is 5.02 Å². The molecule has 5 rings (SSSR count). The number of halogens is 1. The van der Waals surface area contributed by atoms with E-state index in [9.17, 15) is 4.79 Å². The van der Waals surface area contributed by atoms with Gasteiger partial charge in [-0.1, -0.05) is 11.6 Å². The minimum Gasteiger partial charge on any atom is -0.367 e. The Hall–Kier alpha value is -3.46. The van der Waals surface area contributed by atoms with Crippen LogP contribution in [0.5, 0.6) is 0 Å². The Labute approximate surface area is 189 Å². The zero-order valence-corrected chi connectivity index (χ0v) is 18.5. The first-order valence-corrected chi connectivity index (χ1v) is 10.9. The van der Waals surface area contributed by atoms with Gasteiger partial charge in [0, 0.05) is 43.2 Å². The van der Waals surface area contributed by atoms with Gasteiger partial charge in [0.1, 0.15) is 11.8 Å². The number of pyridine rings is 1. The van der Waals surface area contributed by atoms with Crippen LogP contribution < -0.4 is 15.5 Å². The van der Waals surface area contributed by atoms with Crippen LogP contribution in [-0.2, 0) is 4.79 Å². The molecule has 9 nitrogen and oxygen atoms in total. The Kier molecular flexibility index (Phi) is 5.26. The number of nitrogens with zero attached hydrogens (tertiary/aromatic N) is 5. The fraction of sp³-hybridized carbons (Fsp3) is 0.318. The highest BCUT2D eigenvalue weighted by atomic mass is 35.5. The number of H-pyrrole nitrogens is 1. The number of amides is 1. The van der Waals surface area contributed by atoms with Crippen molar-refractivity contribution >= 4 is 51.1 Å². The molecule has 0 bridgehead atoms. The highest BCUT2D eigenvalue weighted by Crippen LogP contribution is 2.40. The molecular weight excluding hydrogens is 428 g/mol. The first-order chi connectivity index (χ1) is 15.5. The van der Waals surface area contributed by atoms with E-state index in [0.717, 1.165) is 40.6 Å². The van der Waals surface area contributed by atoms with E-state index in [1.54, 1.807) is 19.4 Å². The summed E-state index contributed by atoms with van der Waals surface area (Å²) in [6.07, 6.45) is 5.75. The molecule has 0 spiro atoms. The number of anilines is 2. The number of hydrogen-bond donors (Lipinski definition) is 3. The molecule has 0 saturated carbocycles. The van der Waals surface area contributed by atoms with Crippen LogP contribution in [0.1, 0.15) is 31.9 Å². The fourth-order valence-corrected chi connectivity index (χ4v) is 4.66. The summed E-state index contributed by atoms with van der Waals surface area (Å²) in [5.74, 6) is 0.652. The average Bonchev–Trinajstić information content (AvgIpc) is 3.43. The molecule has 4 aromatic rings. The van der Waals surface area contributed by atoms with Gasteiger partial charge in [0.05, 0.1) is 28.6 Å². The molecule has 1 saturated heterocycles. The zero-order chi connectivity index (χ0) is 22.2. The summed E-state index contributed by atoms with van der Waals surface area (Å²) in [7, 11) is 0. The van der Waals surface area contributed by atoms with Crippen LogP contribution in [-0.4, -0.2) is 50.0 Å². The van der Waals surface area contributed by atoms with Crippen molar-refractivity contribution in [2.45, 2.75) is 32.4 Å². The highest BCUT2D eigenvalue weighted by molar-refractivity contribution is 6.36. The van der Waals surface area contributed by atoms with E-state index in [2.05, 4.69) is 47.4 Å². The summed E-state index contributed by atoms with van der Waals surface area (Å²) >= 11 is 6.68. The Morgan fingerprint density at radius 3 is 3.03 bits per heavy atom. The summed E-state index contributed by atoms with van der Waals surface area (Å²) in [6, 6.07) is 5.84. The Bertz CT molecular complexity index is 1310. The van der Waals surface area contributed by atoms with Gasteiger partial charge in [-0.2, -0.15) is 0 Å². The maximum Gasteiger partial charge on any atom is 0.217 e. The third-order valence-electron chi connectivity index (χ3n) is 5.80. The van der Waals surface area contributed by atoms with Gasteiger partial charge >= 0.3 is 0 Å². The van der Waals surface area contributed by atoms with E-state index in [1.807, 2.05) is 18.2 Å². The van der Waals surface area contributed by atoms with E-state index >= 15 is 0 Å². The number of fused-ring (bicyclic) bond motifs is 2. The summed E-state index contributed by atoms with van der Waals surface area (Å²) in [5.41, 5.74) is 4.23. The van der Waals surface area contributed by atoms with Crippen LogP contribution in [0.25, 0.3) is 22.1 Å². The fourth-order valence-electron chi connectivity index (χ4n) is 4.39. The molecule has 2 atom stereocenters. The molecular formula is C22H23ClN8O. The predicted octanol–water partition coefficient (Wildman–Crippen LogP) is 3.44.